The lowest BCUT2D eigenvalue weighted by molar-refractivity contribution is -0.385. The van der Waals surface area contributed by atoms with Crippen molar-refractivity contribution in [2.75, 3.05) is 41.6 Å². The number of carboxylic acid groups (broad SMARTS) is 1. The van der Waals surface area contributed by atoms with Crippen LogP contribution in [0.25, 0.3) is 0 Å². The van der Waals surface area contributed by atoms with Gasteiger partial charge in [-0.3, -0.25) is 24.5 Å². The quantitative estimate of drug-likeness (QED) is 0.146. The number of rotatable bonds is 13. The number of likely N-dealkylation sites (N-methyl/N-ethyl adjacent to an activating group) is 1. The van der Waals surface area contributed by atoms with Crippen LogP contribution in [-0.4, -0.2) is 91.2 Å². The molecular weight excluding hydrogens is 694 g/mol. The number of fused-ring (bicyclic) bond motifs is 2. The number of nitro benzene ring substituents is 1. The second-order valence-electron chi connectivity index (χ2n) is 12.9. The smallest absolute Gasteiger partial charge is 0.344 e. The topological polar surface area (TPSA) is 194 Å². The minimum Gasteiger partial charge on any atom is -0.496 e. The van der Waals surface area contributed by atoms with Gasteiger partial charge in [-0.2, -0.15) is 0 Å². The minimum atomic E-state index is -1.24. The van der Waals surface area contributed by atoms with E-state index in [1.54, 1.807) is 19.1 Å². The van der Waals surface area contributed by atoms with Gasteiger partial charge < -0.3 is 43.3 Å². The number of non-ortho nitro benzene ring substituents is 1. The number of esters is 1. The standard InChI is InChI=1S/C37H41N3O13/c1-9-51-31(44)18-52-34-23(14-20(40(46)47)15-28(34)50-8)35-38(5)36(45)19(2)39(35)29(41)16-21-26(48-6)12-10-24-32(21)53-33-22(17-30(42)43)27(49-7)13-11-25(33)37(24,3)4/h10-15,19,35H,9,16-18H2,1-8H3,(H,42,43)/t19-,35+/m0/s1. The number of hydrogen-bond acceptors (Lipinski definition) is 12. The van der Waals surface area contributed by atoms with Gasteiger partial charge in [0, 0.05) is 46.3 Å². The van der Waals surface area contributed by atoms with Gasteiger partial charge in [-0.15, -0.1) is 0 Å². The molecule has 0 radical (unpaired) electrons. The predicted molar refractivity (Wildman–Crippen MR) is 187 cm³/mol. The molecule has 3 aromatic rings. The molecule has 0 bridgehead atoms. The summed E-state index contributed by atoms with van der Waals surface area (Å²) in [6, 6.07) is 8.25. The van der Waals surface area contributed by atoms with Crippen molar-refractivity contribution in [3.8, 4) is 34.5 Å². The number of carbonyl (C=O) groups is 4. The molecule has 282 valence electrons. The molecule has 2 aliphatic heterocycles. The minimum absolute atomic E-state index is 0.0210. The molecule has 16 nitrogen and oxygen atoms in total. The molecule has 1 fully saturated rings. The summed E-state index contributed by atoms with van der Waals surface area (Å²) in [5.74, 6) is -1.92. The summed E-state index contributed by atoms with van der Waals surface area (Å²) < 4.78 is 34.0. The van der Waals surface area contributed by atoms with E-state index in [0.29, 0.717) is 28.0 Å². The third-order valence-electron chi connectivity index (χ3n) is 9.54. The molecule has 1 N–H and O–H groups in total. The Morgan fingerprint density at radius 3 is 2.02 bits per heavy atom. The van der Waals surface area contributed by atoms with Crippen molar-refractivity contribution in [1.82, 2.24) is 9.80 Å². The van der Waals surface area contributed by atoms with Crippen LogP contribution >= 0.6 is 0 Å². The van der Waals surface area contributed by atoms with Crippen molar-refractivity contribution in [3.63, 3.8) is 0 Å². The summed E-state index contributed by atoms with van der Waals surface area (Å²) in [5, 5.41) is 21.8. The summed E-state index contributed by atoms with van der Waals surface area (Å²) in [7, 11) is 5.56. The zero-order valence-corrected chi connectivity index (χ0v) is 30.6. The SMILES string of the molecule is CCOC(=O)COc1c(OC)cc([N+](=O)[O-])cc1[C@@H]1N(C)C(=O)[C@H](C)N1C(=O)Cc1c(OC)ccc2c1Oc1c(ccc(OC)c1CC(=O)O)C2(C)C. The maximum absolute atomic E-state index is 14.7. The molecule has 5 rings (SSSR count). The predicted octanol–water partition coefficient (Wildman–Crippen LogP) is 4.55. The number of methoxy groups -OCH3 is 3. The van der Waals surface area contributed by atoms with E-state index in [-0.39, 0.29) is 47.3 Å². The molecule has 2 amide bonds. The van der Waals surface area contributed by atoms with E-state index in [2.05, 4.69) is 0 Å². The number of nitrogens with zero attached hydrogens (tertiary/aromatic N) is 3. The number of carbonyl (C=O) groups excluding carboxylic acids is 3. The van der Waals surface area contributed by atoms with Crippen molar-refractivity contribution in [3.05, 3.63) is 74.3 Å². The normalized spacial score (nSPS) is 16.9. The molecule has 53 heavy (non-hydrogen) atoms. The van der Waals surface area contributed by atoms with Crippen LogP contribution in [0.3, 0.4) is 0 Å². The first-order valence-corrected chi connectivity index (χ1v) is 16.6. The van der Waals surface area contributed by atoms with Gasteiger partial charge in [0.15, 0.2) is 18.1 Å². The van der Waals surface area contributed by atoms with Crippen LogP contribution in [0.15, 0.2) is 36.4 Å². The molecule has 2 aliphatic rings. The molecule has 0 aliphatic carbocycles. The van der Waals surface area contributed by atoms with Crippen LogP contribution in [0.4, 0.5) is 5.69 Å². The molecule has 2 heterocycles. The van der Waals surface area contributed by atoms with Crippen molar-refractivity contribution in [2.45, 2.75) is 58.2 Å². The highest BCUT2D eigenvalue weighted by molar-refractivity contribution is 5.93. The van der Waals surface area contributed by atoms with Crippen LogP contribution in [0.5, 0.6) is 34.5 Å². The first-order valence-electron chi connectivity index (χ1n) is 16.6. The summed E-state index contributed by atoms with van der Waals surface area (Å²) in [6.07, 6.45) is -2.01. The Morgan fingerprint density at radius 1 is 0.943 bits per heavy atom. The average Bonchev–Trinajstić information content (AvgIpc) is 3.34. The number of hydrogen-bond donors (Lipinski definition) is 1. The largest absolute Gasteiger partial charge is 0.496 e. The van der Waals surface area contributed by atoms with E-state index in [0.717, 1.165) is 6.07 Å². The first kappa shape index (κ1) is 38.2. The van der Waals surface area contributed by atoms with Gasteiger partial charge in [0.25, 0.3) is 5.69 Å². The van der Waals surface area contributed by atoms with Gasteiger partial charge >= 0.3 is 11.9 Å². The Bertz CT molecular complexity index is 1990. The maximum atomic E-state index is 14.7. The van der Waals surface area contributed by atoms with Crippen LogP contribution in [0.2, 0.25) is 0 Å². The molecule has 1 saturated heterocycles. The average molecular weight is 736 g/mol. The second-order valence-corrected chi connectivity index (χ2v) is 12.9. The molecule has 16 heteroatoms. The Balaban J connectivity index is 1.64. The van der Waals surface area contributed by atoms with E-state index in [1.807, 2.05) is 26.0 Å². The number of ether oxygens (including phenoxy) is 6. The molecule has 3 aromatic carbocycles. The van der Waals surface area contributed by atoms with Crippen LogP contribution < -0.4 is 23.7 Å². The Labute approximate surface area is 305 Å². The Morgan fingerprint density at radius 2 is 1.51 bits per heavy atom. The molecule has 0 saturated carbocycles. The fourth-order valence-corrected chi connectivity index (χ4v) is 6.98. The number of carboxylic acids is 1. The Hall–Kier alpha value is -6.06. The van der Waals surface area contributed by atoms with Crippen molar-refractivity contribution >= 4 is 29.4 Å². The highest BCUT2D eigenvalue weighted by atomic mass is 16.6. The second kappa shape index (κ2) is 14.9. The highest BCUT2D eigenvalue weighted by Gasteiger charge is 2.48. The molecule has 0 spiro atoms. The van der Waals surface area contributed by atoms with Crippen LogP contribution in [0, 0.1) is 10.1 Å². The third kappa shape index (κ3) is 6.83. The lowest BCUT2D eigenvalue weighted by Gasteiger charge is -2.37. The van der Waals surface area contributed by atoms with Gasteiger partial charge in [0.1, 0.15) is 35.2 Å². The van der Waals surface area contributed by atoms with Gasteiger partial charge in [-0.25, -0.2) is 4.79 Å². The zero-order valence-electron chi connectivity index (χ0n) is 30.6. The van der Waals surface area contributed by atoms with E-state index >= 15 is 0 Å². The summed E-state index contributed by atoms with van der Waals surface area (Å²) in [4.78, 5) is 66.4. The van der Waals surface area contributed by atoms with E-state index in [9.17, 15) is 34.4 Å². The number of amides is 2. The van der Waals surface area contributed by atoms with Crippen LogP contribution in [0.1, 0.15) is 61.7 Å². The number of benzene rings is 3. The van der Waals surface area contributed by atoms with Gasteiger partial charge in [-0.05, 0) is 26.0 Å². The van der Waals surface area contributed by atoms with Gasteiger partial charge in [0.05, 0.1) is 51.8 Å². The third-order valence-corrected chi connectivity index (χ3v) is 9.54. The summed E-state index contributed by atoms with van der Waals surface area (Å²) in [6.45, 7) is 6.54. The van der Waals surface area contributed by atoms with Gasteiger partial charge in [-0.1, -0.05) is 26.0 Å². The van der Waals surface area contributed by atoms with Crippen molar-refractivity contribution < 1.29 is 57.6 Å². The summed E-state index contributed by atoms with van der Waals surface area (Å²) >= 11 is 0. The molecule has 2 atom stereocenters. The monoisotopic (exact) mass is 735 g/mol. The van der Waals surface area contributed by atoms with Crippen LogP contribution in [-0.2, 0) is 42.2 Å². The summed E-state index contributed by atoms with van der Waals surface area (Å²) in [5.41, 5.74) is 0.906. The van der Waals surface area contributed by atoms with Crippen molar-refractivity contribution in [2.24, 2.45) is 0 Å². The molecule has 0 unspecified atom stereocenters. The van der Waals surface area contributed by atoms with E-state index < -0.39 is 65.0 Å². The number of nitro groups is 1. The molecular formula is C37H41N3O13. The maximum Gasteiger partial charge on any atom is 0.344 e. The van der Waals surface area contributed by atoms with Crippen molar-refractivity contribution in [1.29, 1.82) is 0 Å². The lowest BCUT2D eigenvalue weighted by atomic mass is 9.74. The number of aliphatic carboxylic acids is 1. The zero-order chi connectivity index (χ0) is 38.9. The van der Waals surface area contributed by atoms with E-state index in [1.165, 1.54) is 51.2 Å². The lowest BCUT2D eigenvalue weighted by Crippen LogP contribution is -2.39. The Kier molecular flexibility index (Phi) is 10.7. The van der Waals surface area contributed by atoms with E-state index in [4.69, 9.17) is 28.4 Å². The fraction of sp³-hybridized carbons (Fsp3) is 0.405. The highest BCUT2D eigenvalue weighted by Crippen LogP contribution is 2.54. The van der Waals surface area contributed by atoms with Gasteiger partial charge in [0.2, 0.25) is 11.8 Å². The first-order chi connectivity index (χ1) is 25.1. The molecule has 0 aromatic heterocycles. The fourth-order valence-electron chi connectivity index (χ4n) is 6.98.